The molecule has 0 spiro atoms. The van der Waals surface area contributed by atoms with E-state index in [1.807, 2.05) is 0 Å². The van der Waals surface area contributed by atoms with Crippen molar-refractivity contribution in [1.82, 2.24) is 10.6 Å². The van der Waals surface area contributed by atoms with Crippen molar-refractivity contribution < 1.29 is 9.53 Å². The second-order valence-electron chi connectivity index (χ2n) is 4.72. The summed E-state index contributed by atoms with van der Waals surface area (Å²) >= 11 is 0. The molecule has 0 radical (unpaired) electrons. The molecule has 1 atom stereocenters. The highest BCUT2D eigenvalue weighted by Gasteiger charge is 2.19. The number of hydrogen-bond donors (Lipinski definition) is 2. The first kappa shape index (κ1) is 14.5. The summed E-state index contributed by atoms with van der Waals surface area (Å²) in [7, 11) is 0. The summed E-state index contributed by atoms with van der Waals surface area (Å²) < 4.78 is 5.55. The third-order valence-electron chi connectivity index (χ3n) is 3.15. The molecule has 4 nitrogen and oxygen atoms in total. The third-order valence-corrected chi connectivity index (χ3v) is 3.15. The Balaban J connectivity index is 2.25. The molecule has 1 aliphatic heterocycles. The van der Waals surface area contributed by atoms with Crippen molar-refractivity contribution in [2.24, 2.45) is 5.92 Å². The molecule has 4 heteroatoms. The largest absolute Gasteiger partial charge is 0.374 e. The molecule has 17 heavy (non-hydrogen) atoms. The Morgan fingerprint density at radius 1 is 1.41 bits per heavy atom. The molecule has 0 bridgehead atoms. The van der Waals surface area contributed by atoms with Crippen molar-refractivity contribution in [1.29, 1.82) is 0 Å². The topological polar surface area (TPSA) is 50.4 Å². The van der Waals surface area contributed by atoms with Gasteiger partial charge in [-0.15, -0.1) is 0 Å². The van der Waals surface area contributed by atoms with Gasteiger partial charge in [0.1, 0.15) is 0 Å². The first-order valence-corrected chi connectivity index (χ1v) is 6.88. The van der Waals surface area contributed by atoms with E-state index in [9.17, 15) is 4.79 Å². The van der Waals surface area contributed by atoms with E-state index in [1.165, 1.54) is 0 Å². The standard InChI is InChI=1S/C13H26N2O2/c1-3-5-11(6-4-2)13(16)15-10-12-9-14-7-8-17-12/h11-12,14H,3-10H2,1-2H3,(H,15,16). The summed E-state index contributed by atoms with van der Waals surface area (Å²) in [6, 6.07) is 0. The number of carbonyl (C=O) groups is 1. The first-order chi connectivity index (χ1) is 8.27. The zero-order chi connectivity index (χ0) is 12.5. The highest BCUT2D eigenvalue weighted by atomic mass is 16.5. The minimum absolute atomic E-state index is 0.136. The van der Waals surface area contributed by atoms with E-state index >= 15 is 0 Å². The van der Waals surface area contributed by atoms with Crippen molar-refractivity contribution in [3.63, 3.8) is 0 Å². The Bertz CT molecular complexity index is 209. The molecule has 0 aromatic rings. The summed E-state index contributed by atoms with van der Waals surface area (Å²) in [5.41, 5.74) is 0. The molecule has 1 unspecified atom stereocenters. The van der Waals surface area contributed by atoms with Crippen LogP contribution in [-0.2, 0) is 9.53 Å². The molecule has 0 saturated carbocycles. The molecule has 100 valence electrons. The maximum absolute atomic E-state index is 12.0. The summed E-state index contributed by atoms with van der Waals surface area (Å²) in [6.45, 7) is 7.39. The van der Waals surface area contributed by atoms with Gasteiger partial charge in [-0.25, -0.2) is 0 Å². The molecular formula is C13H26N2O2. The second-order valence-corrected chi connectivity index (χ2v) is 4.72. The Kier molecular flexibility index (Phi) is 7.21. The van der Waals surface area contributed by atoms with Gasteiger partial charge in [0.2, 0.25) is 5.91 Å². The molecule has 1 aliphatic rings. The van der Waals surface area contributed by atoms with Crippen molar-refractivity contribution >= 4 is 5.91 Å². The quantitative estimate of drug-likeness (QED) is 0.707. The Labute approximate surface area is 104 Å². The number of nitrogens with one attached hydrogen (secondary N) is 2. The lowest BCUT2D eigenvalue weighted by Crippen LogP contribution is -2.46. The van der Waals surface area contributed by atoms with Gasteiger partial charge < -0.3 is 15.4 Å². The van der Waals surface area contributed by atoms with Crippen molar-refractivity contribution in [3.05, 3.63) is 0 Å². The van der Waals surface area contributed by atoms with Gasteiger partial charge in [0, 0.05) is 25.6 Å². The molecule has 0 aromatic heterocycles. The van der Waals surface area contributed by atoms with Gasteiger partial charge in [0.15, 0.2) is 0 Å². The fourth-order valence-electron chi connectivity index (χ4n) is 2.21. The van der Waals surface area contributed by atoms with Crippen LogP contribution in [0.4, 0.5) is 0 Å². The van der Waals surface area contributed by atoms with Gasteiger partial charge in [0.25, 0.3) is 0 Å². The number of carbonyl (C=O) groups excluding carboxylic acids is 1. The zero-order valence-electron chi connectivity index (χ0n) is 11.1. The predicted molar refractivity (Wildman–Crippen MR) is 68.9 cm³/mol. The average molecular weight is 242 g/mol. The minimum atomic E-state index is 0.136. The van der Waals surface area contributed by atoms with Crippen LogP contribution in [0.1, 0.15) is 39.5 Å². The fourth-order valence-corrected chi connectivity index (χ4v) is 2.21. The molecule has 0 aromatic carbocycles. The molecule has 0 aliphatic carbocycles. The van der Waals surface area contributed by atoms with Crippen LogP contribution >= 0.6 is 0 Å². The number of hydrogen-bond acceptors (Lipinski definition) is 3. The van der Waals surface area contributed by atoms with E-state index in [4.69, 9.17) is 4.74 Å². The second kappa shape index (κ2) is 8.48. The number of morpholine rings is 1. The van der Waals surface area contributed by atoms with Crippen molar-refractivity contribution in [2.45, 2.75) is 45.6 Å². The summed E-state index contributed by atoms with van der Waals surface area (Å²) in [5, 5.41) is 6.28. The van der Waals surface area contributed by atoms with E-state index in [0.717, 1.165) is 45.4 Å². The van der Waals surface area contributed by atoms with Crippen LogP contribution in [0.2, 0.25) is 0 Å². The SMILES string of the molecule is CCCC(CCC)C(=O)NCC1CNCCO1. The maximum atomic E-state index is 12.0. The van der Waals surface area contributed by atoms with Gasteiger partial charge in [-0.3, -0.25) is 4.79 Å². The van der Waals surface area contributed by atoms with E-state index in [1.54, 1.807) is 0 Å². The highest BCUT2D eigenvalue weighted by molar-refractivity contribution is 5.78. The fraction of sp³-hybridized carbons (Fsp3) is 0.923. The molecule has 2 N–H and O–H groups in total. The van der Waals surface area contributed by atoms with Crippen molar-refractivity contribution in [3.8, 4) is 0 Å². The van der Waals surface area contributed by atoms with E-state index in [2.05, 4.69) is 24.5 Å². The Morgan fingerprint density at radius 3 is 2.65 bits per heavy atom. The van der Waals surface area contributed by atoms with Crippen LogP contribution in [0.5, 0.6) is 0 Å². The zero-order valence-corrected chi connectivity index (χ0v) is 11.1. The molecule has 1 rings (SSSR count). The molecule has 1 amide bonds. The number of amides is 1. The number of ether oxygens (including phenoxy) is 1. The van der Waals surface area contributed by atoms with Crippen LogP contribution in [0.3, 0.4) is 0 Å². The van der Waals surface area contributed by atoms with Gasteiger partial charge in [-0.05, 0) is 12.8 Å². The van der Waals surface area contributed by atoms with E-state index in [-0.39, 0.29) is 17.9 Å². The highest BCUT2D eigenvalue weighted by Crippen LogP contribution is 2.13. The Hall–Kier alpha value is -0.610. The monoisotopic (exact) mass is 242 g/mol. The smallest absolute Gasteiger partial charge is 0.223 e. The first-order valence-electron chi connectivity index (χ1n) is 6.88. The predicted octanol–water partition coefficient (Wildman–Crippen LogP) is 1.31. The van der Waals surface area contributed by atoms with Gasteiger partial charge >= 0.3 is 0 Å². The summed E-state index contributed by atoms with van der Waals surface area (Å²) in [4.78, 5) is 12.0. The van der Waals surface area contributed by atoms with E-state index < -0.39 is 0 Å². The summed E-state index contributed by atoms with van der Waals surface area (Å²) in [6.07, 6.45) is 4.25. The third kappa shape index (κ3) is 5.50. The molecule has 1 saturated heterocycles. The lowest BCUT2D eigenvalue weighted by atomic mass is 9.97. The van der Waals surface area contributed by atoms with Crippen LogP contribution in [0, 0.1) is 5.92 Å². The molecule has 1 fully saturated rings. The lowest BCUT2D eigenvalue weighted by molar-refractivity contribution is -0.126. The van der Waals surface area contributed by atoms with Crippen LogP contribution in [0.25, 0.3) is 0 Å². The minimum Gasteiger partial charge on any atom is -0.374 e. The normalized spacial score (nSPS) is 20.5. The van der Waals surface area contributed by atoms with Crippen LogP contribution < -0.4 is 10.6 Å². The lowest BCUT2D eigenvalue weighted by Gasteiger charge is -2.24. The maximum Gasteiger partial charge on any atom is 0.223 e. The molecule has 1 heterocycles. The van der Waals surface area contributed by atoms with Crippen LogP contribution in [-0.4, -0.2) is 38.3 Å². The van der Waals surface area contributed by atoms with Crippen LogP contribution in [0.15, 0.2) is 0 Å². The van der Waals surface area contributed by atoms with Gasteiger partial charge in [-0.2, -0.15) is 0 Å². The molecular weight excluding hydrogens is 216 g/mol. The van der Waals surface area contributed by atoms with E-state index in [0.29, 0.717) is 6.54 Å². The Morgan fingerprint density at radius 2 is 2.12 bits per heavy atom. The van der Waals surface area contributed by atoms with Gasteiger partial charge in [0.05, 0.1) is 12.7 Å². The summed E-state index contributed by atoms with van der Waals surface area (Å²) in [5.74, 6) is 0.379. The van der Waals surface area contributed by atoms with Gasteiger partial charge in [-0.1, -0.05) is 26.7 Å². The number of rotatable bonds is 7. The van der Waals surface area contributed by atoms with Crippen molar-refractivity contribution in [2.75, 3.05) is 26.2 Å². The average Bonchev–Trinajstić information content (AvgIpc) is 2.37.